The minimum Gasteiger partial charge on any atom is -0.382 e. The fourth-order valence-electron chi connectivity index (χ4n) is 0.544. The summed E-state index contributed by atoms with van der Waals surface area (Å²) in [6.45, 7) is 0.534. The predicted octanol–water partition coefficient (Wildman–Crippen LogP) is -1.75. The molecule has 3 N–H and O–H groups in total. The average molecular weight is 190 g/mol. The Morgan fingerprint density at radius 1 is 1.38 bits per heavy atom. The van der Waals surface area contributed by atoms with E-state index in [0.29, 0.717) is 13.2 Å². The first kappa shape index (κ1) is 11.9. The molecule has 0 atom stereocenters. The van der Waals surface area contributed by atoms with Crippen molar-refractivity contribution in [2.24, 2.45) is 5.73 Å². The summed E-state index contributed by atoms with van der Waals surface area (Å²) >= 11 is 0. The van der Waals surface area contributed by atoms with Crippen LogP contribution in [0.25, 0.3) is 0 Å². The SMILES string of the molecule is COCCOCC(=O)NCC(N)=O. The molecular weight excluding hydrogens is 176 g/mol. The first-order chi connectivity index (χ1) is 6.16. The van der Waals surface area contributed by atoms with Gasteiger partial charge in [0.15, 0.2) is 0 Å². The Balaban J connectivity index is 3.25. The third kappa shape index (κ3) is 8.77. The van der Waals surface area contributed by atoms with E-state index in [1.807, 2.05) is 0 Å². The van der Waals surface area contributed by atoms with Crippen LogP contribution in [0.3, 0.4) is 0 Å². The van der Waals surface area contributed by atoms with Crippen LogP contribution in [-0.4, -0.2) is 45.3 Å². The van der Waals surface area contributed by atoms with Crippen molar-refractivity contribution in [2.45, 2.75) is 0 Å². The smallest absolute Gasteiger partial charge is 0.246 e. The lowest BCUT2D eigenvalue weighted by atomic mass is 10.5. The Bertz CT molecular complexity index is 172. The highest BCUT2D eigenvalue weighted by atomic mass is 16.5. The molecule has 0 rings (SSSR count). The Morgan fingerprint density at radius 2 is 2.08 bits per heavy atom. The summed E-state index contributed by atoms with van der Waals surface area (Å²) in [6, 6.07) is 0. The van der Waals surface area contributed by atoms with Crippen LogP contribution in [0.2, 0.25) is 0 Å². The number of rotatable bonds is 7. The van der Waals surface area contributed by atoms with Crippen molar-refractivity contribution in [1.29, 1.82) is 0 Å². The minimum absolute atomic E-state index is 0.0867. The molecule has 13 heavy (non-hydrogen) atoms. The number of carbonyl (C=O) groups excluding carboxylic acids is 2. The maximum absolute atomic E-state index is 10.8. The topological polar surface area (TPSA) is 90.7 Å². The van der Waals surface area contributed by atoms with Crippen molar-refractivity contribution in [3.05, 3.63) is 0 Å². The van der Waals surface area contributed by atoms with Crippen molar-refractivity contribution < 1.29 is 19.1 Å². The second kappa shape index (κ2) is 7.51. The Kier molecular flexibility index (Phi) is 6.85. The van der Waals surface area contributed by atoms with Crippen LogP contribution < -0.4 is 11.1 Å². The first-order valence-corrected chi connectivity index (χ1v) is 3.78. The molecule has 0 aliphatic heterocycles. The molecule has 76 valence electrons. The van der Waals surface area contributed by atoms with Gasteiger partial charge in [0, 0.05) is 7.11 Å². The van der Waals surface area contributed by atoms with Crippen LogP contribution in [-0.2, 0) is 19.1 Å². The molecule has 0 fully saturated rings. The second-order valence-corrected chi connectivity index (χ2v) is 2.29. The first-order valence-electron chi connectivity index (χ1n) is 3.78. The number of ether oxygens (including phenoxy) is 2. The second-order valence-electron chi connectivity index (χ2n) is 2.29. The van der Waals surface area contributed by atoms with E-state index in [1.165, 1.54) is 7.11 Å². The van der Waals surface area contributed by atoms with E-state index in [1.54, 1.807) is 0 Å². The normalized spacial score (nSPS) is 9.62. The third-order valence-electron chi connectivity index (χ3n) is 1.12. The van der Waals surface area contributed by atoms with Gasteiger partial charge >= 0.3 is 0 Å². The number of amides is 2. The van der Waals surface area contributed by atoms with Crippen LogP contribution in [0.5, 0.6) is 0 Å². The molecule has 0 aromatic heterocycles. The van der Waals surface area contributed by atoms with Gasteiger partial charge in [0.05, 0.1) is 19.8 Å². The Hall–Kier alpha value is -1.14. The zero-order chi connectivity index (χ0) is 10.1. The number of primary amides is 1. The molecule has 0 heterocycles. The summed E-state index contributed by atoms with van der Waals surface area (Å²) in [7, 11) is 1.54. The van der Waals surface area contributed by atoms with Gasteiger partial charge in [-0.05, 0) is 0 Å². The fraction of sp³-hybridized carbons (Fsp3) is 0.714. The molecule has 6 nitrogen and oxygen atoms in total. The van der Waals surface area contributed by atoms with Gasteiger partial charge in [-0.3, -0.25) is 9.59 Å². The van der Waals surface area contributed by atoms with Gasteiger partial charge in [0.1, 0.15) is 6.61 Å². The summed E-state index contributed by atoms with van der Waals surface area (Å²) in [5.41, 5.74) is 4.80. The van der Waals surface area contributed by atoms with E-state index in [4.69, 9.17) is 15.2 Å². The van der Waals surface area contributed by atoms with Gasteiger partial charge in [-0.25, -0.2) is 0 Å². The largest absolute Gasteiger partial charge is 0.382 e. The highest BCUT2D eigenvalue weighted by molar-refractivity contribution is 5.84. The molecule has 0 aliphatic carbocycles. The fourth-order valence-corrected chi connectivity index (χ4v) is 0.544. The molecule has 2 amide bonds. The molecule has 0 aliphatic rings. The monoisotopic (exact) mass is 190 g/mol. The molecule has 0 aromatic carbocycles. The van der Waals surface area contributed by atoms with Gasteiger partial charge in [0.25, 0.3) is 0 Å². The number of hydrogen-bond donors (Lipinski definition) is 2. The Labute approximate surface area is 76.4 Å². The molecule has 0 bridgehead atoms. The molecule has 0 aromatic rings. The number of carbonyl (C=O) groups is 2. The number of nitrogens with one attached hydrogen (secondary N) is 1. The van der Waals surface area contributed by atoms with Crippen LogP contribution in [0.4, 0.5) is 0 Å². The van der Waals surface area contributed by atoms with E-state index in [9.17, 15) is 9.59 Å². The molecule has 0 spiro atoms. The quantitative estimate of drug-likeness (QED) is 0.466. The van der Waals surface area contributed by atoms with Crippen molar-refractivity contribution in [3.63, 3.8) is 0 Å². The molecular formula is C7H14N2O4. The van der Waals surface area contributed by atoms with Gasteiger partial charge in [-0.1, -0.05) is 0 Å². The van der Waals surface area contributed by atoms with Gasteiger partial charge in [-0.2, -0.15) is 0 Å². The maximum Gasteiger partial charge on any atom is 0.246 e. The number of hydrogen-bond acceptors (Lipinski definition) is 4. The van der Waals surface area contributed by atoms with Crippen LogP contribution in [0, 0.1) is 0 Å². The lowest BCUT2D eigenvalue weighted by Crippen LogP contribution is -2.35. The van der Waals surface area contributed by atoms with E-state index in [-0.39, 0.29) is 19.1 Å². The minimum atomic E-state index is -0.578. The van der Waals surface area contributed by atoms with Crippen molar-refractivity contribution in [3.8, 4) is 0 Å². The van der Waals surface area contributed by atoms with E-state index in [0.717, 1.165) is 0 Å². The zero-order valence-corrected chi connectivity index (χ0v) is 7.54. The lowest BCUT2D eigenvalue weighted by molar-refractivity contribution is -0.128. The van der Waals surface area contributed by atoms with Gasteiger partial charge < -0.3 is 20.5 Å². The molecule has 0 saturated heterocycles. The van der Waals surface area contributed by atoms with Crippen molar-refractivity contribution in [2.75, 3.05) is 33.5 Å². The summed E-state index contributed by atoms with van der Waals surface area (Å²) in [5.74, 6) is -0.944. The van der Waals surface area contributed by atoms with Crippen LogP contribution >= 0.6 is 0 Å². The van der Waals surface area contributed by atoms with Crippen molar-refractivity contribution in [1.82, 2.24) is 5.32 Å². The molecule has 0 saturated carbocycles. The predicted molar refractivity (Wildman–Crippen MR) is 44.9 cm³/mol. The molecule has 0 unspecified atom stereocenters. The van der Waals surface area contributed by atoms with Crippen molar-refractivity contribution >= 4 is 11.8 Å². The summed E-state index contributed by atoms with van der Waals surface area (Å²) in [5, 5.41) is 2.28. The maximum atomic E-state index is 10.8. The highest BCUT2D eigenvalue weighted by Crippen LogP contribution is 1.76. The number of methoxy groups -OCH3 is 1. The van der Waals surface area contributed by atoms with E-state index < -0.39 is 5.91 Å². The zero-order valence-electron chi connectivity index (χ0n) is 7.54. The molecule has 6 heteroatoms. The summed E-state index contributed by atoms with van der Waals surface area (Å²) in [6.07, 6.45) is 0. The third-order valence-corrected chi connectivity index (χ3v) is 1.12. The standard InChI is InChI=1S/C7H14N2O4/c1-12-2-3-13-5-7(11)9-4-6(8)10/h2-5H2,1H3,(H2,8,10)(H,9,11). The average Bonchev–Trinajstić information content (AvgIpc) is 2.09. The van der Waals surface area contributed by atoms with Gasteiger partial charge in [0.2, 0.25) is 11.8 Å². The molecule has 0 radical (unpaired) electrons. The summed E-state index contributed by atoms with van der Waals surface area (Å²) < 4.78 is 9.57. The van der Waals surface area contributed by atoms with Crippen LogP contribution in [0.1, 0.15) is 0 Å². The van der Waals surface area contributed by atoms with E-state index >= 15 is 0 Å². The van der Waals surface area contributed by atoms with Crippen LogP contribution in [0.15, 0.2) is 0 Å². The number of nitrogens with two attached hydrogens (primary N) is 1. The van der Waals surface area contributed by atoms with E-state index in [2.05, 4.69) is 5.32 Å². The lowest BCUT2D eigenvalue weighted by Gasteiger charge is -2.03. The Morgan fingerprint density at radius 3 is 2.62 bits per heavy atom. The van der Waals surface area contributed by atoms with Gasteiger partial charge in [-0.15, -0.1) is 0 Å². The summed E-state index contributed by atoms with van der Waals surface area (Å²) in [4.78, 5) is 21.1. The highest BCUT2D eigenvalue weighted by Gasteiger charge is 2.01.